The van der Waals surface area contributed by atoms with E-state index in [1.165, 1.54) is 5.56 Å². The zero-order valence-corrected chi connectivity index (χ0v) is 15.3. The molecule has 0 spiro atoms. The predicted octanol–water partition coefficient (Wildman–Crippen LogP) is 2.70. The largest absolute Gasteiger partial charge is 0.361 e. The maximum atomic E-state index is 5.19. The second-order valence-corrected chi connectivity index (χ2v) is 6.66. The zero-order valence-electron chi connectivity index (χ0n) is 14.5. The Hall–Kier alpha value is -1.89. The zero-order chi connectivity index (χ0) is 16.8. The molecule has 0 aromatic carbocycles. The van der Waals surface area contributed by atoms with E-state index in [1.54, 1.807) is 18.4 Å². The third-order valence-electron chi connectivity index (χ3n) is 3.71. The van der Waals surface area contributed by atoms with Gasteiger partial charge in [0.15, 0.2) is 5.96 Å². The Labute approximate surface area is 141 Å². The van der Waals surface area contributed by atoms with Crippen molar-refractivity contribution in [3.8, 4) is 0 Å². The lowest BCUT2D eigenvalue weighted by Crippen LogP contribution is -2.39. The summed E-state index contributed by atoms with van der Waals surface area (Å²) in [6, 6.07) is 0. The Morgan fingerprint density at radius 2 is 2.17 bits per heavy atom. The normalized spacial score (nSPS) is 11.8. The summed E-state index contributed by atoms with van der Waals surface area (Å²) in [6.07, 6.45) is 1.96. The van der Waals surface area contributed by atoms with Crippen molar-refractivity contribution < 1.29 is 4.52 Å². The highest BCUT2D eigenvalue weighted by atomic mass is 32.1. The van der Waals surface area contributed by atoms with Crippen molar-refractivity contribution in [2.24, 2.45) is 4.99 Å². The molecule has 0 aliphatic rings. The Balaban J connectivity index is 1.78. The Kier molecular flexibility index (Phi) is 6.15. The summed E-state index contributed by atoms with van der Waals surface area (Å²) >= 11 is 1.68. The molecule has 0 saturated carbocycles. The first-order valence-corrected chi connectivity index (χ1v) is 8.63. The first kappa shape index (κ1) is 17.5. The fraction of sp³-hybridized carbons (Fsp3) is 0.562. The van der Waals surface area contributed by atoms with Crippen LogP contribution >= 0.6 is 11.3 Å². The first-order chi connectivity index (χ1) is 11.0. The summed E-state index contributed by atoms with van der Waals surface area (Å²) in [4.78, 5) is 10.9. The number of rotatable bonds is 6. The van der Waals surface area contributed by atoms with E-state index >= 15 is 0 Å². The molecule has 7 heteroatoms. The molecule has 126 valence electrons. The maximum Gasteiger partial charge on any atom is 0.193 e. The standard InChI is InChI=1S/C16H25N5OS/c1-11-15(12(2)22-20-11)7-6-8-18-16(17-4)21(5)9-14-10-23-13(3)19-14/h10H,6-9H2,1-5H3,(H,17,18). The molecule has 2 aromatic rings. The lowest BCUT2D eigenvalue weighted by Gasteiger charge is -2.21. The number of aryl methyl sites for hydroxylation is 3. The molecule has 2 rings (SSSR count). The van der Waals surface area contributed by atoms with Crippen LogP contribution in [0.1, 0.15) is 34.1 Å². The lowest BCUT2D eigenvalue weighted by atomic mass is 10.1. The van der Waals surface area contributed by atoms with Gasteiger partial charge in [-0.2, -0.15) is 0 Å². The van der Waals surface area contributed by atoms with Gasteiger partial charge in [-0.05, 0) is 33.6 Å². The smallest absolute Gasteiger partial charge is 0.193 e. The van der Waals surface area contributed by atoms with E-state index in [2.05, 4.69) is 30.7 Å². The van der Waals surface area contributed by atoms with E-state index < -0.39 is 0 Å². The van der Waals surface area contributed by atoms with Crippen LogP contribution in [-0.4, -0.2) is 41.6 Å². The van der Waals surface area contributed by atoms with Crippen LogP contribution in [-0.2, 0) is 13.0 Å². The molecular weight excluding hydrogens is 310 g/mol. The van der Waals surface area contributed by atoms with Crippen LogP contribution in [0.5, 0.6) is 0 Å². The molecule has 0 unspecified atom stereocenters. The third-order valence-corrected chi connectivity index (χ3v) is 4.53. The topological polar surface area (TPSA) is 66.6 Å². The molecule has 0 saturated heterocycles. The van der Waals surface area contributed by atoms with Gasteiger partial charge < -0.3 is 14.7 Å². The molecule has 23 heavy (non-hydrogen) atoms. The van der Waals surface area contributed by atoms with Gasteiger partial charge in [0.2, 0.25) is 0 Å². The van der Waals surface area contributed by atoms with E-state index in [1.807, 2.05) is 27.8 Å². The van der Waals surface area contributed by atoms with Crippen LogP contribution in [0.25, 0.3) is 0 Å². The predicted molar refractivity (Wildman–Crippen MR) is 94.0 cm³/mol. The van der Waals surface area contributed by atoms with Crippen molar-refractivity contribution in [3.05, 3.63) is 33.1 Å². The molecule has 2 heterocycles. The van der Waals surface area contributed by atoms with Crippen molar-refractivity contribution in [2.75, 3.05) is 20.6 Å². The van der Waals surface area contributed by atoms with Crippen molar-refractivity contribution in [1.82, 2.24) is 20.4 Å². The first-order valence-electron chi connectivity index (χ1n) is 7.75. The highest BCUT2D eigenvalue weighted by Gasteiger charge is 2.10. The summed E-state index contributed by atoms with van der Waals surface area (Å²) in [7, 11) is 3.83. The molecule has 0 bridgehead atoms. The monoisotopic (exact) mass is 335 g/mol. The Morgan fingerprint density at radius 1 is 1.39 bits per heavy atom. The van der Waals surface area contributed by atoms with Gasteiger partial charge in [-0.25, -0.2) is 4.98 Å². The highest BCUT2D eigenvalue weighted by molar-refractivity contribution is 7.09. The number of thiazole rings is 1. The summed E-state index contributed by atoms with van der Waals surface area (Å²) in [5.41, 5.74) is 3.28. The van der Waals surface area contributed by atoms with E-state index in [-0.39, 0.29) is 0 Å². The van der Waals surface area contributed by atoms with Crippen molar-refractivity contribution in [2.45, 2.75) is 40.2 Å². The molecule has 2 aromatic heterocycles. The number of hydrogen-bond acceptors (Lipinski definition) is 5. The average molecular weight is 335 g/mol. The van der Waals surface area contributed by atoms with Gasteiger partial charge in [-0.15, -0.1) is 11.3 Å². The molecular formula is C16H25N5OS. The Morgan fingerprint density at radius 3 is 2.74 bits per heavy atom. The summed E-state index contributed by atoms with van der Waals surface area (Å²) in [5, 5.41) is 10.6. The number of aromatic nitrogens is 2. The fourth-order valence-corrected chi connectivity index (χ4v) is 3.11. The minimum absolute atomic E-state index is 0.758. The molecule has 6 nitrogen and oxygen atoms in total. The van der Waals surface area contributed by atoms with Crippen LogP contribution < -0.4 is 5.32 Å². The van der Waals surface area contributed by atoms with Gasteiger partial charge in [0.1, 0.15) is 5.76 Å². The minimum Gasteiger partial charge on any atom is -0.361 e. The van der Waals surface area contributed by atoms with E-state index in [4.69, 9.17) is 4.52 Å². The Bertz CT molecular complexity index is 642. The van der Waals surface area contributed by atoms with Gasteiger partial charge in [0, 0.05) is 31.6 Å². The number of aliphatic imine (C=N–C) groups is 1. The maximum absolute atomic E-state index is 5.19. The summed E-state index contributed by atoms with van der Waals surface area (Å²) in [6.45, 7) is 7.59. The van der Waals surface area contributed by atoms with E-state index in [0.717, 1.165) is 54.0 Å². The van der Waals surface area contributed by atoms with E-state index in [9.17, 15) is 0 Å². The molecule has 0 atom stereocenters. The van der Waals surface area contributed by atoms with Gasteiger partial charge in [-0.1, -0.05) is 5.16 Å². The van der Waals surface area contributed by atoms with Crippen molar-refractivity contribution >= 4 is 17.3 Å². The fourth-order valence-electron chi connectivity index (χ4n) is 2.51. The van der Waals surface area contributed by atoms with Crippen molar-refractivity contribution in [3.63, 3.8) is 0 Å². The van der Waals surface area contributed by atoms with Crippen LogP contribution in [0.2, 0.25) is 0 Å². The van der Waals surface area contributed by atoms with Gasteiger partial charge in [0.25, 0.3) is 0 Å². The summed E-state index contributed by atoms with van der Waals surface area (Å²) in [5.74, 6) is 1.80. The molecule has 0 radical (unpaired) electrons. The molecule has 0 aliphatic heterocycles. The second kappa shape index (κ2) is 8.10. The summed E-state index contributed by atoms with van der Waals surface area (Å²) < 4.78 is 5.19. The van der Waals surface area contributed by atoms with Gasteiger partial charge in [-0.3, -0.25) is 4.99 Å². The molecule has 0 aliphatic carbocycles. The van der Waals surface area contributed by atoms with Crippen LogP contribution in [0.4, 0.5) is 0 Å². The molecule has 0 amide bonds. The average Bonchev–Trinajstić information content (AvgIpc) is 3.06. The highest BCUT2D eigenvalue weighted by Crippen LogP contribution is 2.14. The number of hydrogen-bond donors (Lipinski definition) is 1. The number of nitrogens with one attached hydrogen (secondary N) is 1. The SMILES string of the molecule is CN=C(NCCCc1c(C)noc1C)N(C)Cc1csc(C)n1. The van der Waals surface area contributed by atoms with Gasteiger partial charge in [0.05, 0.1) is 22.9 Å². The quantitative estimate of drug-likeness (QED) is 0.499. The van der Waals surface area contributed by atoms with Crippen LogP contribution in [0.15, 0.2) is 14.9 Å². The van der Waals surface area contributed by atoms with E-state index in [0.29, 0.717) is 0 Å². The number of nitrogens with zero attached hydrogens (tertiary/aromatic N) is 4. The lowest BCUT2D eigenvalue weighted by molar-refractivity contribution is 0.392. The minimum atomic E-state index is 0.758. The third kappa shape index (κ3) is 4.79. The molecule has 0 fully saturated rings. The van der Waals surface area contributed by atoms with Crippen LogP contribution in [0.3, 0.4) is 0 Å². The van der Waals surface area contributed by atoms with Crippen molar-refractivity contribution in [1.29, 1.82) is 0 Å². The molecule has 1 N–H and O–H groups in total. The van der Waals surface area contributed by atoms with Gasteiger partial charge >= 0.3 is 0 Å². The van der Waals surface area contributed by atoms with Crippen LogP contribution in [0, 0.1) is 20.8 Å². The number of guanidine groups is 1. The second-order valence-electron chi connectivity index (χ2n) is 5.59.